The maximum atomic E-state index is 13.2. The zero-order valence-electron chi connectivity index (χ0n) is 16.4. The van der Waals surface area contributed by atoms with Crippen molar-refractivity contribution in [2.24, 2.45) is 11.7 Å². The van der Waals surface area contributed by atoms with Gasteiger partial charge in [-0.15, -0.1) is 0 Å². The van der Waals surface area contributed by atoms with Gasteiger partial charge in [0, 0.05) is 19.5 Å². The van der Waals surface area contributed by atoms with Crippen molar-refractivity contribution in [3.05, 3.63) is 34.9 Å². The van der Waals surface area contributed by atoms with Gasteiger partial charge in [0.2, 0.25) is 11.8 Å². The third kappa shape index (κ3) is 3.70. The van der Waals surface area contributed by atoms with Crippen LogP contribution in [-0.2, 0) is 16.1 Å². The normalized spacial score (nSPS) is 25.8. The van der Waals surface area contributed by atoms with Gasteiger partial charge < -0.3 is 5.73 Å². The van der Waals surface area contributed by atoms with Crippen LogP contribution in [0.25, 0.3) is 0 Å². The van der Waals surface area contributed by atoms with E-state index in [-0.39, 0.29) is 18.7 Å². The van der Waals surface area contributed by atoms with E-state index < -0.39 is 23.8 Å². The second kappa shape index (κ2) is 8.04. The molecule has 8 nitrogen and oxygen atoms in total. The predicted octanol–water partition coefficient (Wildman–Crippen LogP) is 0.649. The zero-order chi connectivity index (χ0) is 20.5. The molecule has 3 N–H and O–H groups in total. The van der Waals surface area contributed by atoms with Crippen molar-refractivity contribution in [2.75, 3.05) is 19.6 Å². The van der Waals surface area contributed by atoms with Crippen molar-refractivity contribution in [3.8, 4) is 0 Å². The monoisotopic (exact) mass is 398 g/mol. The van der Waals surface area contributed by atoms with Gasteiger partial charge in [-0.1, -0.05) is 18.6 Å². The van der Waals surface area contributed by atoms with E-state index in [1.165, 1.54) is 0 Å². The average molecular weight is 398 g/mol. The molecule has 29 heavy (non-hydrogen) atoms. The molecule has 0 spiro atoms. The molecule has 0 bridgehead atoms. The Morgan fingerprint density at radius 3 is 2.66 bits per heavy atom. The first-order chi connectivity index (χ1) is 14.0. The first kappa shape index (κ1) is 19.7. The molecule has 4 rings (SSSR count). The van der Waals surface area contributed by atoms with Crippen LogP contribution in [0, 0.1) is 5.92 Å². The van der Waals surface area contributed by atoms with Crippen molar-refractivity contribution in [1.29, 1.82) is 0 Å². The molecule has 154 valence electrons. The van der Waals surface area contributed by atoms with Gasteiger partial charge in [-0.25, -0.2) is 0 Å². The topological polar surface area (TPSA) is 113 Å². The molecule has 0 aliphatic carbocycles. The zero-order valence-corrected chi connectivity index (χ0v) is 16.4. The number of imide groups is 2. The fourth-order valence-corrected chi connectivity index (χ4v) is 4.61. The average Bonchev–Trinajstić information content (AvgIpc) is 2.85. The lowest BCUT2D eigenvalue weighted by molar-refractivity contribution is -0.136. The van der Waals surface area contributed by atoms with Crippen molar-refractivity contribution < 1.29 is 19.2 Å². The molecule has 2 saturated heterocycles. The van der Waals surface area contributed by atoms with Crippen molar-refractivity contribution in [2.45, 2.75) is 44.7 Å². The summed E-state index contributed by atoms with van der Waals surface area (Å²) in [5.74, 6) is -1.43. The van der Waals surface area contributed by atoms with E-state index in [4.69, 9.17) is 5.73 Å². The minimum Gasteiger partial charge on any atom is -0.330 e. The van der Waals surface area contributed by atoms with Crippen LogP contribution < -0.4 is 11.1 Å². The van der Waals surface area contributed by atoms with Crippen LogP contribution in [0.5, 0.6) is 0 Å². The molecule has 1 aromatic carbocycles. The minimum atomic E-state index is -0.937. The minimum absolute atomic E-state index is 0.116. The van der Waals surface area contributed by atoms with E-state index in [1.807, 2.05) is 6.07 Å². The van der Waals surface area contributed by atoms with E-state index in [0.29, 0.717) is 30.1 Å². The van der Waals surface area contributed by atoms with Crippen LogP contribution in [0.1, 0.15) is 58.4 Å². The third-order valence-corrected chi connectivity index (χ3v) is 6.13. The molecule has 0 aromatic heterocycles. The second-order valence-electron chi connectivity index (χ2n) is 8.12. The molecule has 1 aromatic rings. The van der Waals surface area contributed by atoms with Gasteiger partial charge >= 0.3 is 0 Å². The van der Waals surface area contributed by atoms with E-state index >= 15 is 0 Å². The van der Waals surface area contributed by atoms with E-state index in [0.717, 1.165) is 42.8 Å². The van der Waals surface area contributed by atoms with Crippen LogP contribution in [-0.4, -0.2) is 59.1 Å². The standard InChI is InChI=1S/C21H26N4O4/c22-10-13-4-1-2-9-24(11-13)12-14-5-3-6-15-18(14)21(29)25(20(15)28)16-7-8-17(26)23-19(16)27/h3,5-6,13,16H,1-2,4,7-12,22H2,(H,23,26,27). The Morgan fingerprint density at radius 1 is 1.07 bits per heavy atom. The number of carbonyl (C=O) groups is 4. The maximum Gasteiger partial charge on any atom is 0.262 e. The molecule has 8 heteroatoms. The Morgan fingerprint density at radius 2 is 1.90 bits per heavy atom. The summed E-state index contributed by atoms with van der Waals surface area (Å²) < 4.78 is 0. The number of hydrogen-bond acceptors (Lipinski definition) is 6. The number of hydrogen-bond donors (Lipinski definition) is 2. The number of nitrogens with one attached hydrogen (secondary N) is 1. The van der Waals surface area contributed by atoms with Gasteiger partial charge in [0.25, 0.3) is 11.8 Å². The van der Waals surface area contributed by atoms with Gasteiger partial charge in [0.15, 0.2) is 0 Å². The van der Waals surface area contributed by atoms with Gasteiger partial charge in [-0.3, -0.25) is 34.3 Å². The highest BCUT2D eigenvalue weighted by molar-refractivity contribution is 6.24. The Hall–Kier alpha value is -2.58. The number of amides is 4. The first-order valence-corrected chi connectivity index (χ1v) is 10.3. The molecule has 3 heterocycles. The summed E-state index contributed by atoms with van der Waals surface area (Å²) in [5, 5.41) is 2.23. The fourth-order valence-electron chi connectivity index (χ4n) is 4.61. The highest BCUT2D eigenvalue weighted by atomic mass is 16.2. The summed E-state index contributed by atoms with van der Waals surface area (Å²) in [4.78, 5) is 53.1. The molecule has 2 atom stereocenters. The number of rotatable bonds is 4. The molecular weight excluding hydrogens is 372 g/mol. The molecule has 2 unspecified atom stereocenters. The number of benzene rings is 1. The van der Waals surface area contributed by atoms with Crippen molar-refractivity contribution in [3.63, 3.8) is 0 Å². The summed E-state index contributed by atoms with van der Waals surface area (Å²) in [5.41, 5.74) is 7.41. The van der Waals surface area contributed by atoms with E-state index in [2.05, 4.69) is 10.2 Å². The Kier molecular flexibility index (Phi) is 5.47. The number of nitrogens with zero attached hydrogens (tertiary/aromatic N) is 2. The van der Waals surface area contributed by atoms with Gasteiger partial charge in [0.05, 0.1) is 11.1 Å². The SMILES string of the molecule is NCC1CCCCN(Cc2cccc3c2C(=O)N(C2CCC(=O)NC2=O)C3=O)C1. The molecule has 0 radical (unpaired) electrons. The lowest BCUT2D eigenvalue weighted by atomic mass is 10.0. The van der Waals surface area contributed by atoms with Crippen LogP contribution in [0.15, 0.2) is 18.2 Å². The number of piperidine rings is 1. The van der Waals surface area contributed by atoms with Gasteiger partial charge in [0.1, 0.15) is 6.04 Å². The lowest BCUT2D eigenvalue weighted by Gasteiger charge is -2.28. The van der Waals surface area contributed by atoms with E-state index in [1.54, 1.807) is 12.1 Å². The van der Waals surface area contributed by atoms with Crippen molar-refractivity contribution >= 4 is 23.6 Å². The number of likely N-dealkylation sites (tertiary alicyclic amines) is 1. The van der Waals surface area contributed by atoms with Crippen LogP contribution >= 0.6 is 0 Å². The largest absolute Gasteiger partial charge is 0.330 e. The smallest absolute Gasteiger partial charge is 0.262 e. The summed E-state index contributed by atoms with van der Waals surface area (Å²) in [6.07, 6.45) is 3.62. The van der Waals surface area contributed by atoms with Gasteiger partial charge in [-0.2, -0.15) is 0 Å². The Bertz CT molecular complexity index is 868. The first-order valence-electron chi connectivity index (χ1n) is 10.3. The third-order valence-electron chi connectivity index (χ3n) is 6.13. The van der Waals surface area contributed by atoms with Crippen LogP contribution in [0.4, 0.5) is 0 Å². The number of carbonyl (C=O) groups excluding carboxylic acids is 4. The van der Waals surface area contributed by atoms with Crippen LogP contribution in [0.2, 0.25) is 0 Å². The lowest BCUT2D eigenvalue weighted by Crippen LogP contribution is -2.54. The van der Waals surface area contributed by atoms with Gasteiger partial charge in [-0.05, 0) is 49.9 Å². The van der Waals surface area contributed by atoms with Crippen molar-refractivity contribution in [1.82, 2.24) is 15.1 Å². The molecule has 4 amide bonds. The quantitative estimate of drug-likeness (QED) is 0.720. The summed E-state index contributed by atoms with van der Waals surface area (Å²) in [7, 11) is 0. The fraction of sp³-hybridized carbons (Fsp3) is 0.524. The molecule has 0 saturated carbocycles. The Balaban J connectivity index is 1.59. The summed E-state index contributed by atoms with van der Waals surface area (Å²) >= 11 is 0. The number of nitrogens with two attached hydrogens (primary N) is 1. The molecular formula is C21H26N4O4. The summed E-state index contributed by atoms with van der Waals surface area (Å²) in [6.45, 7) is 3.02. The molecule has 3 aliphatic rings. The maximum absolute atomic E-state index is 13.2. The van der Waals surface area contributed by atoms with Crippen LogP contribution in [0.3, 0.4) is 0 Å². The second-order valence-corrected chi connectivity index (χ2v) is 8.12. The summed E-state index contributed by atoms with van der Waals surface area (Å²) in [6, 6.07) is 4.36. The molecule has 2 fully saturated rings. The highest BCUT2D eigenvalue weighted by Gasteiger charge is 2.45. The predicted molar refractivity (Wildman–Crippen MR) is 105 cm³/mol. The highest BCUT2D eigenvalue weighted by Crippen LogP contribution is 2.31. The number of fused-ring (bicyclic) bond motifs is 1. The molecule has 3 aliphatic heterocycles. The Labute approximate surface area is 169 Å². The van der Waals surface area contributed by atoms with E-state index in [9.17, 15) is 19.2 Å².